The number of hydrogen-bond donors (Lipinski definition) is 3. The second kappa shape index (κ2) is 44.9. The van der Waals surface area contributed by atoms with Crippen LogP contribution in [0.2, 0.25) is 0 Å². The van der Waals surface area contributed by atoms with E-state index in [1.54, 1.807) is 0 Å². The van der Waals surface area contributed by atoms with Gasteiger partial charge in [0.1, 0.15) is 82.5 Å². The Labute approximate surface area is 744 Å². The third-order valence-corrected chi connectivity index (χ3v) is 17.7. The topological polar surface area (TPSA) is 378 Å². The van der Waals surface area contributed by atoms with E-state index in [-0.39, 0.29) is 163 Å². The molecule has 10 aliphatic rings. The fourth-order valence-corrected chi connectivity index (χ4v) is 12.5. The van der Waals surface area contributed by atoms with Crippen LogP contribution in [0.1, 0.15) is 92.8 Å². The molecule has 113 heavy (non-hydrogen) atoms. The van der Waals surface area contributed by atoms with Crippen LogP contribution in [0.5, 0.6) is 0 Å². The summed E-state index contributed by atoms with van der Waals surface area (Å²) in [6.07, 6.45) is 9.89. The van der Waals surface area contributed by atoms with Gasteiger partial charge in [-0.05, 0) is 102 Å². The van der Waals surface area contributed by atoms with Gasteiger partial charge < -0.3 is 55.7 Å². The predicted molar refractivity (Wildman–Crippen MR) is 367 cm³/mol. The number of fused-ring (bicyclic) bond motifs is 5. The molecule has 26 nitrogen and oxygen atoms in total. The molecule has 0 saturated carbocycles. The summed E-state index contributed by atoms with van der Waals surface area (Å²) < 4.78 is 140. The van der Waals surface area contributed by atoms with Crippen molar-refractivity contribution in [1.82, 2.24) is 45.3 Å². The summed E-state index contributed by atoms with van der Waals surface area (Å²) in [5, 5.41) is 73.9. The van der Waals surface area contributed by atoms with Crippen molar-refractivity contribution in [3.05, 3.63) is 145 Å². The van der Waals surface area contributed by atoms with Crippen LogP contribution in [0.4, 0.5) is 43.9 Å². The van der Waals surface area contributed by atoms with Crippen LogP contribution in [-0.2, 0) is 140 Å². The second-order valence-electron chi connectivity index (χ2n) is 24.2. The number of nitrogens with zero attached hydrogens (tertiary/aromatic N) is 19. The van der Waals surface area contributed by atoms with Gasteiger partial charge in [-0.1, -0.05) is 0 Å². The fraction of sp³-hybridized carbons (Fsp3) is 0.333. The Morgan fingerprint density at radius 1 is 0.345 bits per heavy atom. The van der Waals surface area contributed by atoms with Crippen molar-refractivity contribution < 1.29 is 203 Å². The van der Waals surface area contributed by atoms with Crippen LogP contribution >= 0.6 is 0 Å². The molecule has 0 unspecified atom stereocenters. The monoisotopic (exact) mass is 2120 g/mol. The molecule has 4 saturated heterocycles. The van der Waals surface area contributed by atoms with E-state index >= 15 is 0 Å². The molecule has 0 aliphatic carbocycles. The van der Waals surface area contributed by atoms with Gasteiger partial charge in [-0.25, -0.2) is 58.0 Å². The molecule has 5 aromatic carbocycles. The van der Waals surface area contributed by atoms with Crippen LogP contribution in [0.25, 0.3) is 49.2 Å². The van der Waals surface area contributed by atoms with E-state index < -0.39 is 136 Å². The fourth-order valence-electron chi connectivity index (χ4n) is 12.5. The van der Waals surface area contributed by atoms with Gasteiger partial charge in [0.05, 0.1) is 31.6 Å². The first-order valence-corrected chi connectivity index (χ1v) is 33.3. The van der Waals surface area contributed by atoms with Crippen LogP contribution < -0.4 is 36.8 Å². The molecule has 3 N–H and O–H groups in total. The third-order valence-electron chi connectivity index (χ3n) is 17.7. The van der Waals surface area contributed by atoms with E-state index in [1.807, 2.05) is 0 Å². The third kappa shape index (κ3) is 20.9. The van der Waals surface area contributed by atoms with Gasteiger partial charge in [0.25, 0.3) is 0 Å². The number of guanidine groups is 4. The molecule has 3 radical (unpaired) electrons. The van der Waals surface area contributed by atoms with Gasteiger partial charge in [-0.15, -0.1) is 0 Å². The Hall–Kier alpha value is -8.63. The first-order chi connectivity index (χ1) is 52.0. The molecule has 10 heterocycles. The van der Waals surface area contributed by atoms with Crippen molar-refractivity contribution in [2.75, 3.05) is 105 Å². The number of rotatable bonds is 0. The number of amides is 4. The quantitative estimate of drug-likeness (QED) is 0.0770. The molecule has 15 rings (SSSR count). The van der Waals surface area contributed by atoms with Crippen LogP contribution in [0.3, 0.4) is 0 Å². The van der Waals surface area contributed by atoms with Crippen LogP contribution in [-0.4, -0.2) is 182 Å². The average molecular weight is 2120 g/mol. The van der Waals surface area contributed by atoms with Gasteiger partial charge in [-0.3, -0.25) is 34.2 Å². The van der Waals surface area contributed by atoms with Crippen molar-refractivity contribution >= 4 is 91.3 Å². The molecule has 41 heteroatoms. The summed E-state index contributed by atoms with van der Waals surface area (Å²) in [6.45, 7) is 17.9. The zero-order valence-electron chi connectivity index (χ0n) is 59.7. The van der Waals surface area contributed by atoms with Gasteiger partial charge >= 0.3 is 0 Å². The summed E-state index contributed by atoms with van der Waals surface area (Å²) in [5.74, 6) is -18.9. The molecular formula is C72H59F10N22O4W2Y3-3. The van der Waals surface area contributed by atoms with Gasteiger partial charge in [0.2, 0.25) is 23.6 Å². The number of aliphatic imine (C=N–C) groups is 4. The number of hydrogen-bond acceptors (Lipinski definition) is 23. The zero-order valence-corrected chi connectivity index (χ0v) is 74.0. The summed E-state index contributed by atoms with van der Waals surface area (Å²) >= 11 is 0. The molecule has 5 aromatic rings. The second-order valence-corrected chi connectivity index (χ2v) is 24.2. The number of nitriles is 8. The molecule has 10 aliphatic heterocycles. The molecule has 0 bridgehead atoms. The van der Waals surface area contributed by atoms with Crippen molar-refractivity contribution in [3.63, 3.8) is 0 Å². The Bertz CT molecular complexity index is 4810. The maximum Gasteiger partial charge on any atom is 0.231 e. The average Bonchev–Trinajstić information content (AvgIpc) is 0.720. The summed E-state index contributed by atoms with van der Waals surface area (Å²) in [6, 6.07) is 14.4. The molecular weight excluding hydrogens is 2060 g/mol. The minimum Gasteiger partial charge on any atom is -0.430 e. The standard InChI is InChI=1S/C16F6N4.C16H8N2O4.C12F4N4.3C7H13N3.C7H12N3.2W.3Y/c17-11-7(5(1-23)2-24)13(19)15(21)10-9(11)16(22)14(20)8(12(10)18)6(3-25)4-26;1-17-13(19)7-3-5-9-12-10(16(22)18(2)15(9)21)6-4-8(11(7)12)14(17)20;13-9-7(5(1-17)2-18)10(14)12(16)8(11(9)15)6(3-19)4-20;4*1-3-8-7-9-4-2-6-10(7)5-1;;;;;/h;3-6H,1-2H2;;3*1-6H2,(H,8,9);1-6H2;;;;;/q;-2;;;;;-1;;;;;. The molecule has 0 atom stereocenters. The number of nitrogens with one attached hydrogen (secondary N) is 3. The largest absolute Gasteiger partial charge is 0.430 e. The smallest absolute Gasteiger partial charge is 0.231 e. The van der Waals surface area contributed by atoms with Crippen LogP contribution in [0.15, 0.2) is 44.2 Å². The van der Waals surface area contributed by atoms with Gasteiger partial charge in [-0.2, -0.15) is 42.1 Å². The van der Waals surface area contributed by atoms with E-state index in [0.29, 0.717) is 10.8 Å². The minimum atomic E-state index is -2.23. The Morgan fingerprint density at radius 3 is 0.850 bits per heavy atom. The number of imide groups is 2. The molecule has 575 valence electrons. The van der Waals surface area contributed by atoms with Crippen molar-refractivity contribution in [3.8, 4) is 48.6 Å². The normalized spacial score (nSPS) is 15.9. The predicted octanol–water partition coefficient (Wildman–Crippen LogP) is 5.26. The molecule has 0 spiro atoms. The Kier molecular flexibility index (Phi) is 38.4. The number of halogens is 10. The van der Waals surface area contributed by atoms with E-state index in [4.69, 9.17) is 42.1 Å². The zero-order chi connectivity index (χ0) is 78.2. The summed E-state index contributed by atoms with van der Waals surface area (Å²) in [7, 11) is 6.90. The SMILES string of the molecule is C1CN=C2NCCCN2C1.C1CN=C2NCCCN2C1.C1CN=C2NCCCN2C1.C1CN=C2[N-]CCCN2C1.N#CC(C#N)=c1c(F)c(F)c(=C(C#N)C#N)c(F)c1F.N#CC(C#N)=c1c(F)c(F)c2c(F)c(=C(C#N)C#N)c(F)c(F)c2c1F.[CH2-]N1C(=O)c2ccc3c4c(ccc(c24)C1=O)C(=O)N([CH2-])C3=O.[W].[W].[Y].[Y].[Y]. The van der Waals surface area contributed by atoms with Crippen molar-refractivity contribution in [2.45, 2.75) is 51.4 Å². The van der Waals surface area contributed by atoms with E-state index in [9.17, 15) is 63.1 Å². The van der Waals surface area contributed by atoms with E-state index in [0.717, 1.165) is 135 Å². The van der Waals surface area contributed by atoms with Crippen molar-refractivity contribution in [2.24, 2.45) is 20.0 Å². The molecule has 4 amide bonds. The van der Waals surface area contributed by atoms with E-state index in [2.05, 4.69) is 74.9 Å². The minimum absolute atomic E-state index is 0. The summed E-state index contributed by atoms with van der Waals surface area (Å²) in [5.41, 5.74) is -3.95. The number of carbonyl (C=O) groups is 4. The Balaban J connectivity index is 0.000000285. The van der Waals surface area contributed by atoms with Crippen LogP contribution in [0, 0.1) is 163 Å². The number of carbonyl (C=O) groups excluding carboxylic acids is 4. The maximum atomic E-state index is 14.4. The number of benzene rings is 5. The van der Waals surface area contributed by atoms with Gasteiger partial charge in [0.15, 0.2) is 64.4 Å². The summed E-state index contributed by atoms with van der Waals surface area (Å²) in [4.78, 5) is 77.2. The first kappa shape index (κ1) is 96.7. The molecule has 4 fully saturated rings. The van der Waals surface area contributed by atoms with Crippen molar-refractivity contribution in [1.29, 1.82) is 42.1 Å². The maximum absolute atomic E-state index is 14.4. The Morgan fingerprint density at radius 2 is 0.584 bits per heavy atom. The van der Waals surface area contributed by atoms with E-state index in [1.165, 1.54) is 128 Å². The first-order valence-electron chi connectivity index (χ1n) is 33.3. The molecule has 0 aromatic heterocycles. The van der Waals surface area contributed by atoms with Gasteiger partial charge in [0, 0.05) is 258 Å².